The number of fused-ring (bicyclic) bond motifs is 3. The highest BCUT2D eigenvalue weighted by Gasteiger charge is 2.23. The van der Waals surface area contributed by atoms with Gasteiger partial charge in [-0.1, -0.05) is 49.0 Å². The third-order valence-electron chi connectivity index (χ3n) is 5.62. The first kappa shape index (κ1) is 19.5. The van der Waals surface area contributed by atoms with Crippen molar-refractivity contribution in [3.63, 3.8) is 0 Å². The zero-order valence-corrected chi connectivity index (χ0v) is 18.6. The maximum Gasteiger partial charge on any atom is 0.259 e. The number of aromatic amines is 1. The second kappa shape index (κ2) is 8.00. The summed E-state index contributed by atoms with van der Waals surface area (Å²) in [6, 6.07) is 10.1. The molecule has 5 rings (SSSR count). The van der Waals surface area contributed by atoms with Gasteiger partial charge in [-0.3, -0.25) is 4.79 Å². The van der Waals surface area contributed by atoms with Gasteiger partial charge in [-0.05, 0) is 37.7 Å². The summed E-state index contributed by atoms with van der Waals surface area (Å²) in [5.74, 6) is 2.78. The summed E-state index contributed by atoms with van der Waals surface area (Å²) >= 11 is 3.24. The number of aryl methyl sites for hydroxylation is 1. The normalized spacial score (nSPS) is 16.1. The topological polar surface area (TPSA) is 76.5 Å². The fourth-order valence-corrected chi connectivity index (χ4v) is 6.35. The van der Waals surface area contributed by atoms with E-state index < -0.39 is 0 Å². The fraction of sp³-hybridized carbons (Fsp3) is 0.364. The predicted molar refractivity (Wildman–Crippen MR) is 122 cm³/mol. The lowest BCUT2D eigenvalue weighted by atomic mass is 9.89. The Morgan fingerprint density at radius 2 is 2.10 bits per heavy atom. The number of benzene rings is 1. The summed E-state index contributed by atoms with van der Waals surface area (Å²) in [4.78, 5) is 22.8. The lowest BCUT2D eigenvalue weighted by Crippen LogP contribution is -2.14. The van der Waals surface area contributed by atoms with Gasteiger partial charge in [0, 0.05) is 17.0 Å². The molecule has 0 spiro atoms. The van der Waals surface area contributed by atoms with Crippen LogP contribution in [0.25, 0.3) is 21.6 Å². The summed E-state index contributed by atoms with van der Waals surface area (Å²) in [6.45, 7) is 5.14. The second-order valence-corrected chi connectivity index (χ2v) is 9.78. The lowest BCUT2D eigenvalue weighted by molar-refractivity contribution is 0.509. The van der Waals surface area contributed by atoms with Crippen LogP contribution in [0.2, 0.25) is 0 Å². The van der Waals surface area contributed by atoms with Gasteiger partial charge in [-0.25, -0.2) is 4.98 Å². The van der Waals surface area contributed by atoms with Crippen LogP contribution in [0.5, 0.6) is 0 Å². The molecule has 8 heteroatoms. The maximum absolute atomic E-state index is 12.8. The zero-order valence-electron chi connectivity index (χ0n) is 17.0. The van der Waals surface area contributed by atoms with E-state index in [-0.39, 0.29) is 5.56 Å². The molecule has 0 saturated carbocycles. The zero-order chi connectivity index (χ0) is 20.7. The Morgan fingerprint density at radius 3 is 2.90 bits per heavy atom. The standard InChI is InChI=1S/C22H23N5OS2/c1-3-27-19(14-7-5-4-6-8-14)25-26-22(27)29-12-17-23-20(28)18-15-10-9-13(2)11-16(15)30-21(18)24-17/h4-8,13H,3,9-12H2,1-2H3,(H,23,24,28). The van der Waals surface area contributed by atoms with Crippen LogP contribution in [0.4, 0.5) is 0 Å². The van der Waals surface area contributed by atoms with Crippen molar-refractivity contribution in [2.45, 2.75) is 50.6 Å². The van der Waals surface area contributed by atoms with E-state index in [2.05, 4.69) is 33.6 Å². The van der Waals surface area contributed by atoms with Crippen LogP contribution in [-0.4, -0.2) is 24.7 Å². The van der Waals surface area contributed by atoms with E-state index in [1.807, 2.05) is 30.3 Å². The van der Waals surface area contributed by atoms with Crippen LogP contribution in [0.3, 0.4) is 0 Å². The van der Waals surface area contributed by atoms with E-state index in [1.54, 1.807) is 23.1 Å². The molecule has 0 fully saturated rings. The fourth-order valence-electron chi connectivity index (χ4n) is 4.08. The number of hydrogen-bond acceptors (Lipinski definition) is 6. The SMILES string of the molecule is CCn1c(SCc2nc3sc4c(c3c(=O)[nH]2)CCC(C)C4)nnc1-c1ccccc1. The lowest BCUT2D eigenvalue weighted by Gasteiger charge is -2.17. The van der Waals surface area contributed by atoms with Gasteiger partial charge in [0.15, 0.2) is 11.0 Å². The van der Waals surface area contributed by atoms with Crippen LogP contribution >= 0.6 is 23.1 Å². The van der Waals surface area contributed by atoms with Gasteiger partial charge in [0.1, 0.15) is 10.7 Å². The van der Waals surface area contributed by atoms with Crippen LogP contribution in [0.15, 0.2) is 40.3 Å². The van der Waals surface area contributed by atoms with E-state index in [1.165, 1.54) is 10.4 Å². The number of H-pyrrole nitrogens is 1. The Balaban J connectivity index is 1.42. The maximum atomic E-state index is 12.8. The Morgan fingerprint density at radius 1 is 1.27 bits per heavy atom. The summed E-state index contributed by atoms with van der Waals surface area (Å²) in [5, 5.41) is 10.4. The Hall–Kier alpha value is -2.45. The van der Waals surface area contributed by atoms with Crippen LogP contribution < -0.4 is 5.56 Å². The quantitative estimate of drug-likeness (QED) is 0.459. The molecule has 30 heavy (non-hydrogen) atoms. The van der Waals surface area contributed by atoms with Gasteiger partial charge in [0.25, 0.3) is 5.56 Å². The number of rotatable bonds is 5. The molecule has 1 aliphatic carbocycles. The van der Waals surface area contributed by atoms with Gasteiger partial charge in [-0.15, -0.1) is 21.5 Å². The van der Waals surface area contributed by atoms with E-state index >= 15 is 0 Å². The minimum atomic E-state index is -0.00964. The van der Waals surface area contributed by atoms with Gasteiger partial charge < -0.3 is 9.55 Å². The first-order chi connectivity index (χ1) is 14.6. The monoisotopic (exact) mass is 437 g/mol. The molecule has 3 heterocycles. The number of aromatic nitrogens is 5. The first-order valence-corrected chi connectivity index (χ1v) is 12.1. The Bertz CT molecular complexity index is 1260. The third kappa shape index (κ3) is 3.48. The van der Waals surface area contributed by atoms with Gasteiger partial charge >= 0.3 is 0 Å². The summed E-state index contributed by atoms with van der Waals surface area (Å²) < 4.78 is 2.10. The third-order valence-corrected chi connectivity index (χ3v) is 7.74. The van der Waals surface area contributed by atoms with Crippen molar-refractivity contribution in [1.29, 1.82) is 0 Å². The first-order valence-electron chi connectivity index (χ1n) is 10.3. The molecule has 1 aliphatic rings. The molecule has 0 amide bonds. The molecule has 1 N–H and O–H groups in total. The molecule has 6 nitrogen and oxygen atoms in total. The number of nitrogens with one attached hydrogen (secondary N) is 1. The molecular weight excluding hydrogens is 414 g/mol. The summed E-state index contributed by atoms with van der Waals surface area (Å²) in [7, 11) is 0. The number of nitrogens with zero attached hydrogens (tertiary/aromatic N) is 4. The molecule has 1 atom stereocenters. The highest BCUT2D eigenvalue weighted by Crippen LogP contribution is 2.36. The van der Waals surface area contributed by atoms with Crippen molar-refractivity contribution < 1.29 is 0 Å². The molecule has 1 unspecified atom stereocenters. The highest BCUT2D eigenvalue weighted by atomic mass is 32.2. The molecule has 0 radical (unpaired) electrons. The average molecular weight is 438 g/mol. The van der Waals surface area contributed by atoms with Crippen molar-refractivity contribution in [3.8, 4) is 11.4 Å². The molecule has 3 aromatic heterocycles. The van der Waals surface area contributed by atoms with Crippen LogP contribution in [-0.2, 0) is 25.1 Å². The number of hydrogen-bond donors (Lipinski definition) is 1. The molecule has 0 bridgehead atoms. The van der Waals surface area contributed by atoms with Crippen molar-refractivity contribution in [2.24, 2.45) is 5.92 Å². The van der Waals surface area contributed by atoms with Crippen LogP contribution in [0, 0.1) is 5.92 Å². The number of thiophene rings is 1. The Labute approximate surface area is 182 Å². The van der Waals surface area contributed by atoms with E-state index in [4.69, 9.17) is 4.98 Å². The molecule has 1 aromatic carbocycles. The minimum Gasteiger partial charge on any atom is -0.309 e. The Kier molecular flexibility index (Phi) is 5.20. The predicted octanol–water partition coefficient (Wildman–Crippen LogP) is 4.68. The minimum absolute atomic E-state index is 0.00964. The molecule has 4 aromatic rings. The van der Waals surface area contributed by atoms with Crippen molar-refractivity contribution in [2.75, 3.05) is 0 Å². The summed E-state index contributed by atoms with van der Waals surface area (Å²) in [5.41, 5.74) is 2.26. The molecular formula is C22H23N5OS2. The van der Waals surface area contributed by atoms with E-state index in [9.17, 15) is 4.79 Å². The van der Waals surface area contributed by atoms with Gasteiger partial charge in [-0.2, -0.15) is 0 Å². The molecule has 0 saturated heterocycles. The number of thioether (sulfide) groups is 1. The van der Waals surface area contributed by atoms with Crippen molar-refractivity contribution in [3.05, 3.63) is 57.0 Å². The van der Waals surface area contributed by atoms with Crippen molar-refractivity contribution >= 4 is 33.3 Å². The summed E-state index contributed by atoms with van der Waals surface area (Å²) in [6.07, 6.45) is 3.19. The molecule has 154 valence electrons. The average Bonchev–Trinajstić information content (AvgIpc) is 3.33. The van der Waals surface area contributed by atoms with E-state index in [0.717, 1.165) is 52.6 Å². The highest BCUT2D eigenvalue weighted by molar-refractivity contribution is 7.98. The van der Waals surface area contributed by atoms with Gasteiger partial charge in [0.05, 0.1) is 11.1 Å². The van der Waals surface area contributed by atoms with Crippen LogP contribution in [0.1, 0.15) is 36.5 Å². The second-order valence-electron chi connectivity index (χ2n) is 7.75. The molecule has 0 aliphatic heterocycles. The smallest absolute Gasteiger partial charge is 0.259 e. The van der Waals surface area contributed by atoms with Gasteiger partial charge in [0.2, 0.25) is 0 Å². The van der Waals surface area contributed by atoms with Crippen molar-refractivity contribution in [1.82, 2.24) is 24.7 Å². The van der Waals surface area contributed by atoms with E-state index in [0.29, 0.717) is 17.5 Å². The largest absolute Gasteiger partial charge is 0.309 e.